The van der Waals surface area contributed by atoms with Crippen molar-refractivity contribution in [3.05, 3.63) is 33.8 Å². The minimum Gasteiger partial charge on any atom is -0.373 e. The Labute approximate surface area is 130 Å². The highest BCUT2D eigenvalue weighted by atomic mass is 35.5. The normalized spacial score (nSPS) is 17.9. The van der Waals surface area contributed by atoms with Gasteiger partial charge in [0.2, 0.25) is 0 Å². The number of ether oxygens (including phenoxy) is 1. The molecule has 1 unspecified atom stereocenters. The third-order valence-electron chi connectivity index (χ3n) is 4.06. The van der Waals surface area contributed by atoms with Gasteiger partial charge < -0.3 is 4.74 Å². The summed E-state index contributed by atoms with van der Waals surface area (Å²) in [5.74, 6) is 0.414. The molecule has 1 atom stereocenters. The van der Waals surface area contributed by atoms with Crippen LogP contribution in [0, 0.1) is 5.92 Å². The summed E-state index contributed by atoms with van der Waals surface area (Å²) in [5.41, 5.74) is 0.707. The number of hydrogen-bond acceptors (Lipinski definition) is 2. The molecule has 1 aliphatic rings. The minimum absolute atomic E-state index is 0.0781. The molecule has 2 rings (SSSR count). The van der Waals surface area contributed by atoms with Crippen molar-refractivity contribution in [3.8, 4) is 0 Å². The molecule has 0 aromatic heterocycles. The SMILES string of the molecule is COC(C(=O)Cc1c(Cl)cccc1Cl)C1CCCCC1. The molecular formula is C16H20Cl2O2. The molecule has 0 radical (unpaired) electrons. The summed E-state index contributed by atoms with van der Waals surface area (Å²) in [6.45, 7) is 0. The Morgan fingerprint density at radius 2 is 1.85 bits per heavy atom. The van der Waals surface area contributed by atoms with Crippen molar-refractivity contribution in [2.75, 3.05) is 7.11 Å². The van der Waals surface area contributed by atoms with Crippen molar-refractivity contribution in [1.29, 1.82) is 0 Å². The molecule has 110 valence electrons. The number of hydrogen-bond donors (Lipinski definition) is 0. The van der Waals surface area contributed by atoms with E-state index >= 15 is 0 Å². The Morgan fingerprint density at radius 1 is 1.25 bits per heavy atom. The van der Waals surface area contributed by atoms with Gasteiger partial charge in [0.1, 0.15) is 6.10 Å². The highest BCUT2D eigenvalue weighted by Gasteiger charge is 2.29. The third-order valence-corrected chi connectivity index (χ3v) is 4.77. The molecule has 0 saturated heterocycles. The maximum Gasteiger partial charge on any atom is 0.166 e. The number of rotatable bonds is 5. The predicted octanol–water partition coefficient (Wildman–Crippen LogP) is 4.70. The first-order valence-electron chi connectivity index (χ1n) is 7.12. The van der Waals surface area contributed by atoms with Gasteiger partial charge in [-0.3, -0.25) is 4.79 Å². The molecular weight excluding hydrogens is 295 g/mol. The van der Waals surface area contributed by atoms with Crippen molar-refractivity contribution in [1.82, 2.24) is 0 Å². The largest absolute Gasteiger partial charge is 0.373 e. The van der Waals surface area contributed by atoms with E-state index in [1.807, 2.05) is 0 Å². The van der Waals surface area contributed by atoms with Crippen LogP contribution in [0.1, 0.15) is 37.7 Å². The Kier molecular flexibility index (Phi) is 5.88. The van der Waals surface area contributed by atoms with Crippen LogP contribution in [0.3, 0.4) is 0 Å². The van der Waals surface area contributed by atoms with E-state index in [0.717, 1.165) is 12.8 Å². The van der Waals surface area contributed by atoms with Gasteiger partial charge >= 0.3 is 0 Å². The monoisotopic (exact) mass is 314 g/mol. The van der Waals surface area contributed by atoms with E-state index in [9.17, 15) is 4.79 Å². The van der Waals surface area contributed by atoms with Crippen LogP contribution in [0.2, 0.25) is 10.0 Å². The maximum atomic E-state index is 12.5. The lowest BCUT2D eigenvalue weighted by Gasteiger charge is -2.28. The van der Waals surface area contributed by atoms with Gasteiger partial charge in [-0.25, -0.2) is 0 Å². The van der Waals surface area contributed by atoms with Crippen LogP contribution >= 0.6 is 23.2 Å². The standard InChI is InChI=1S/C16H20Cl2O2/c1-20-16(11-6-3-2-4-7-11)15(19)10-12-13(17)8-5-9-14(12)18/h5,8-9,11,16H,2-4,6-7,10H2,1H3. The van der Waals surface area contributed by atoms with Gasteiger partial charge in [0, 0.05) is 23.6 Å². The van der Waals surface area contributed by atoms with Gasteiger partial charge in [-0.1, -0.05) is 48.5 Å². The van der Waals surface area contributed by atoms with E-state index in [2.05, 4.69) is 0 Å². The quantitative estimate of drug-likeness (QED) is 0.787. The van der Waals surface area contributed by atoms with Gasteiger partial charge in [0.05, 0.1) is 0 Å². The third kappa shape index (κ3) is 3.75. The molecule has 0 amide bonds. The van der Waals surface area contributed by atoms with Crippen LogP contribution < -0.4 is 0 Å². The second-order valence-corrected chi connectivity index (χ2v) is 6.21. The minimum atomic E-state index is -0.331. The number of carbonyl (C=O) groups excluding carboxylic acids is 1. The topological polar surface area (TPSA) is 26.3 Å². The Hall–Kier alpha value is -0.570. The second-order valence-electron chi connectivity index (χ2n) is 5.40. The molecule has 0 N–H and O–H groups in total. The number of carbonyl (C=O) groups is 1. The first-order valence-corrected chi connectivity index (χ1v) is 7.87. The van der Waals surface area contributed by atoms with Gasteiger partial charge in [-0.05, 0) is 36.5 Å². The Balaban J connectivity index is 2.09. The summed E-state index contributed by atoms with van der Waals surface area (Å²) in [6, 6.07) is 5.31. The van der Waals surface area contributed by atoms with Crippen molar-refractivity contribution in [2.45, 2.75) is 44.6 Å². The molecule has 2 nitrogen and oxygen atoms in total. The van der Waals surface area contributed by atoms with Crippen LogP contribution in [0.5, 0.6) is 0 Å². The fourth-order valence-corrected chi connectivity index (χ4v) is 3.53. The van der Waals surface area contributed by atoms with Gasteiger partial charge in [0.15, 0.2) is 5.78 Å². The summed E-state index contributed by atoms with van der Waals surface area (Å²) in [4.78, 5) is 12.5. The fraction of sp³-hybridized carbons (Fsp3) is 0.562. The first-order chi connectivity index (χ1) is 9.63. The molecule has 0 aliphatic heterocycles. The lowest BCUT2D eigenvalue weighted by molar-refractivity contribution is -0.132. The van der Waals surface area contributed by atoms with Gasteiger partial charge in [0.25, 0.3) is 0 Å². The molecule has 0 heterocycles. The smallest absolute Gasteiger partial charge is 0.166 e. The van der Waals surface area contributed by atoms with E-state index in [1.54, 1.807) is 25.3 Å². The molecule has 0 spiro atoms. The number of halogens is 2. The molecule has 20 heavy (non-hydrogen) atoms. The average Bonchev–Trinajstić information content (AvgIpc) is 2.45. The highest BCUT2D eigenvalue weighted by molar-refractivity contribution is 6.36. The Bertz CT molecular complexity index is 447. The lowest BCUT2D eigenvalue weighted by Crippen LogP contribution is -2.34. The van der Waals surface area contributed by atoms with Crippen LogP contribution in [-0.4, -0.2) is 19.0 Å². The summed E-state index contributed by atoms with van der Waals surface area (Å²) in [6.07, 6.45) is 5.68. The molecule has 1 aliphatic carbocycles. The molecule has 1 aromatic rings. The van der Waals surface area contributed by atoms with Crippen LogP contribution in [-0.2, 0) is 16.0 Å². The number of ketones is 1. The second kappa shape index (κ2) is 7.44. The number of Topliss-reactive ketones (excluding diaryl/α,β-unsaturated/α-hetero) is 1. The maximum absolute atomic E-state index is 12.5. The highest BCUT2D eigenvalue weighted by Crippen LogP contribution is 2.30. The van der Waals surface area contributed by atoms with Gasteiger partial charge in [-0.15, -0.1) is 0 Å². The molecule has 0 bridgehead atoms. The zero-order valence-electron chi connectivity index (χ0n) is 11.7. The van der Waals surface area contributed by atoms with E-state index in [-0.39, 0.29) is 18.3 Å². The average molecular weight is 315 g/mol. The zero-order valence-corrected chi connectivity index (χ0v) is 13.2. The molecule has 1 fully saturated rings. The summed E-state index contributed by atoms with van der Waals surface area (Å²) in [5, 5.41) is 1.09. The van der Waals surface area contributed by atoms with E-state index in [0.29, 0.717) is 21.5 Å². The van der Waals surface area contributed by atoms with Crippen LogP contribution in [0.4, 0.5) is 0 Å². The molecule has 1 aromatic carbocycles. The molecule has 1 saturated carbocycles. The fourth-order valence-electron chi connectivity index (χ4n) is 3.00. The van der Waals surface area contributed by atoms with Crippen LogP contribution in [0.25, 0.3) is 0 Å². The lowest BCUT2D eigenvalue weighted by atomic mass is 9.82. The number of methoxy groups -OCH3 is 1. The predicted molar refractivity (Wildman–Crippen MR) is 82.5 cm³/mol. The van der Waals surface area contributed by atoms with Crippen LogP contribution in [0.15, 0.2) is 18.2 Å². The van der Waals surface area contributed by atoms with Crippen molar-refractivity contribution >= 4 is 29.0 Å². The van der Waals surface area contributed by atoms with E-state index in [1.165, 1.54) is 19.3 Å². The Morgan fingerprint density at radius 3 is 2.40 bits per heavy atom. The van der Waals surface area contributed by atoms with E-state index < -0.39 is 0 Å². The first kappa shape index (κ1) is 15.8. The summed E-state index contributed by atoms with van der Waals surface area (Å²) >= 11 is 12.3. The molecule has 4 heteroatoms. The van der Waals surface area contributed by atoms with E-state index in [4.69, 9.17) is 27.9 Å². The van der Waals surface area contributed by atoms with Crippen molar-refractivity contribution in [3.63, 3.8) is 0 Å². The van der Waals surface area contributed by atoms with Crippen molar-refractivity contribution in [2.24, 2.45) is 5.92 Å². The zero-order chi connectivity index (χ0) is 14.5. The van der Waals surface area contributed by atoms with Crippen molar-refractivity contribution < 1.29 is 9.53 Å². The number of benzene rings is 1. The summed E-state index contributed by atoms with van der Waals surface area (Å²) < 4.78 is 5.47. The van der Waals surface area contributed by atoms with Gasteiger partial charge in [-0.2, -0.15) is 0 Å². The summed E-state index contributed by atoms with van der Waals surface area (Å²) in [7, 11) is 1.62.